The number of hydrogen-bond donors (Lipinski definition) is 0. The molecule has 2 unspecified atom stereocenters. The minimum absolute atomic E-state index is 0.167. The first-order valence-corrected chi connectivity index (χ1v) is 17.4. The predicted molar refractivity (Wildman–Crippen MR) is 204 cm³/mol. The lowest BCUT2D eigenvalue weighted by Crippen LogP contribution is -2.54. The molecule has 6 aromatic carbocycles. The zero-order chi connectivity index (χ0) is 32.7. The van der Waals surface area contributed by atoms with Crippen LogP contribution >= 0.6 is 11.6 Å². The summed E-state index contributed by atoms with van der Waals surface area (Å²) >= 11 is 7.95. The molecule has 1 aliphatic carbocycles. The molecular formula is C44H40ClN3. The number of halogens is 1. The molecule has 0 spiro atoms. The third kappa shape index (κ3) is 4.79. The van der Waals surface area contributed by atoms with Gasteiger partial charge >= 0.3 is 0 Å². The lowest BCUT2D eigenvalue weighted by atomic mass is 9.61. The summed E-state index contributed by atoms with van der Waals surface area (Å²) < 4.78 is 0. The number of benzene rings is 6. The molecule has 2 atom stereocenters. The van der Waals surface area contributed by atoms with Gasteiger partial charge < -0.3 is 14.7 Å². The summed E-state index contributed by atoms with van der Waals surface area (Å²) in [5, 5.41) is 0.767. The Labute approximate surface area is 289 Å². The lowest BCUT2D eigenvalue weighted by molar-refractivity contribution is 0.195. The van der Waals surface area contributed by atoms with Gasteiger partial charge in [0.2, 0.25) is 0 Å². The maximum atomic E-state index is 7.95. The SMILES string of the molecule is CC12CCCCC1(C)N(c1ccccc1)c1c(Cl)c(N(c3ccccc3)c3ccccc3)cc(N(c3ccccc3)c3ccccc3)c12. The van der Waals surface area contributed by atoms with E-state index in [1.165, 1.54) is 24.1 Å². The van der Waals surface area contributed by atoms with Gasteiger partial charge in [-0.15, -0.1) is 0 Å². The second-order valence-corrected chi connectivity index (χ2v) is 13.8. The number of hydrogen-bond acceptors (Lipinski definition) is 3. The second kappa shape index (κ2) is 12.2. The van der Waals surface area contributed by atoms with Gasteiger partial charge in [-0.05, 0) is 86.5 Å². The van der Waals surface area contributed by atoms with Crippen LogP contribution < -0.4 is 14.7 Å². The van der Waals surface area contributed by atoms with Crippen LogP contribution in [0.25, 0.3) is 0 Å². The normalized spacial score (nSPS) is 19.8. The lowest BCUT2D eigenvalue weighted by Gasteiger charge is -2.50. The molecule has 3 nitrogen and oxygen atoms in total. The van der Waals surface area contributed by atoms with Crippen LogP contribution in [0, 0.1) is 0 Å². The first-order valence-electron chi connectivity index (χ1n) is 17.0. The van der Waals surface area contributed by atoms with Crippen molar-refractivity contribution in [3.05, 3.63) is 168 Å². The third-order valence-corrected chi connectivity index (χ3v) is 11.2. The minimum Gasteiger partial charge on any atom is -0.333 e. The van der Waals surface area contributed by atoms with Gasteiger partial charge in [0.1, 0.15) is 0 Å². The Bertz CT molecular complexity index is 1940. The zero-order valence-electron chi connectivity index (χ0n) is 27.6. The van der Waals surface area contributed by atoms with Gasteiger partial charge in [-0.2, -0.15) is 0 Å². The number of fused-ring (bicyclic) bond motifs is 3. The Morgan fingerprint density at radius 2 is 0.917 bits per heavy atom. The van der Waals surface area contributed by atoms with E-state index in [4.69, 9.17) is 11.6 Å². The van der Waals surface area contributed by atoms with Gasteiger partial charge in [0.05, 0.1) is 27.6 Å². The molecule has 0 amide bonds. The molecule has 1 saturated carbocycles. The van der Waals surface area contributed by atoms with E-state index in [9.17, 15) is 0 Å². The van der Waals surface area contributed by atoms with Crippen molar-refractivity contribution in [2.24, 2.45) is 0 Å². The largest absolute Gasteiger partial charge is 0.333 e. The van der Waals surface area contributed by atoms with E-state index in [-0.39, 0.29) is 11.0 Å². The Kier molecular flexibility index (Phi) is 7.73. The highest BCUT2D eigenvalue weighted by Gasteiger charge is 2.60. The van der Waals surface area contributed by atoms with Gasteiger partial charge in [0.15, 0.2) is 0 Å². The van der Waals surface area contributed by atoms with Gasteiger partial charge in [-0.3, -0.25) is 0 Å². The highest BCUT2D eigenvalue weighted by Crippen LogP contribution is 2.67. The monoisotopic (exact) mass is 645 g/mol. The quantitative estimate of drug-likeness (QED) is 0.171. The van der Waals surface area contributed by atoms with E-state index < -0.39 is 0 Å². The standard InChI is InChI=1S/C44H40ClN3/c1-43-30-18-19-31-44(43,2)48(37-28-16-7-17-29-37)42-40(43)38(46(33-20-8-3-9-21-33)34-22-10-4-11-23-34)32-39(41(42)45)47(35-24-12-5-13-25-35)36-26-14-6-15-27-36/h3-17,20-29,32H,18-19,30-31H2,1-2H3. The van der Waals surface area contributed by atoms with E-state index in [1.807, 2.05) is 0 Å². The molecule has 238 valence electrons. The fourth-order valence-corrected chi connectivity index (χ4v) is 8.67. The molecule has 48 heavy (non-hydrogen) atoms. The summed E-state index contributed by atoms with van der Waals surface area (Å²) in [7, 11) is 0. The summed E-state index contributed by atoms with van der Waals surface area (Å²) in [6, 6.07) is 56.0. The maximum absolute atomic E-state index is 7.95. The highest BCUT2D eigenvalue weighted by molar-refractivity contribution is 6.37. The van der Waals surface area contributed by atoms with E-state index in [0.29, 0.717) is 0 Å². The van der Waals surface area contributed by atoms with Crippen LogP contribution in [0.2, 0.25) is 5.02 Å². The summed E-state index contributed by atoms with van der Waals surface area (Å²) in [6.07, 6.45) is 4.53. The molecule has 4 heteroatoms. The molecule has 0 N–H and O–H groups in total. The van der Waals surface area contributed by atoms with Crippen molar-refractivity contribution < 1.29 is 0 Å². The Morgan fingerprint density at radius 3 is 1.38 bits per heavy atom. The summed E-state index contributed by atoms with van der Waals surface area (Å²) in [4.78, 5) is 7.36. The Morgan fingerprint density at radius 1 is 0.521 bits per heavy atom. The summed E-state index contributed by atoms with van der Waals surface area (Å²) in [5.41, 5.74) is 9.70. The van der Waals surface area contributed by atoms with Crippen molar-refractivity contribution in [3.8, 4) is 0 Å². The van der Waals surface area contributed by atoms with Crippen LogP contribution in [0.4, 0.5) is 45.5 Å². The average molecular weight is 646 g/mol. The highest BCUT2D eigenvalue weighted by atomic mass is 35.5. The Balaban J connectivity index is 1.52. The van der Waals surface area contributed by atoms with Gasteiger partial charge in [-0.25, -0.2) is 0 Å². The first kappa shape index (κ1) is 30.4. The van der Waals surface area contributed by atoms with E-state index in [2.05, 4.69) is 186 Å². The van der Waals surface area contributed by atoms with Crippen molar-refractivity contribution in [2.45, 2.75) is 50.5 Å². The maximum Gasteiger partial charge on any atom is 0.0888 e. The van der Waals surface area contributed by atoms with Crippen LogP contribution in [0.5, 0.6) is 0 Å². The van der Waals surface area contributed by atoms with Crippen LogP contribution in [0.1, 0.15) is 45.1 Å². The van der Waals surface area contributed by atoms with E-state index in [0.717, 1.165) is 57.7 Å². The predicted octanol–water partition coefficient (Wildman–Crippen LogP) is 13.0. The van der Waals surface area contributed by atoms with Crippen LogP contribution in [0.3, 0.4) is 0 Å². The van der Waals surface area contributed by atoms with E-state index in [1.54, 1.807) is 0 Å². The summed E-state index contributed by atoms with van der Waals surface area (Å²) in [5.74, 6) is 0. The molecule has 1 fully saturated rings. The summed E-state index contributed by atoms with van der Waals surface area (Å²) in [6.45, 7) is 4.97. The third-order valence-electron chi connectivity index (χ3n) is 10.8. The zero-order valence-corrected chi connectivity index (χ0v) is 28.3. The Hall–Kier alpha value is -4.99. The first-order chi connectivity index (χ1) is 23.5. The van der Waals surface area contributed by atoms with Gasteiger partial charge in [0, 0.05) is 39.4 Å². The van der Waals surface area contributed by atoms with Crippen molar-refractivity contribution in [1.29, 1.82) is 0 Å². The smallest absolute Gasteiger partial charge is 0.0888 e. The number of anilines is 8. The number of para-hydroxylation sites is 5. The average Bonchev–Trinajstić information content (AvgIpc) is 3.36. The van der Waals surface area contributed by atoms with Crippen molar-refractivity contribution in [3.63, 3.8) is 0 Å². The van der Waals surface area contributed by atoms with Gasteiger partial charge in [0.25, 0.3) is 0 Å². The van der Waals surface area contributed by atoms with Crippen LogP contribution in [0.15, 0.2) is 158 Å². The van der Waals surface area contributed by atoms with E-state index >= 15 is 0 Å². The molecule has 0 aromatic heterocycles. The van der Waals surface area contributed by atoms with Crippen LogP contribution in [-0.2, 0) is 5.41 Å². The number of nitrogens with zero attached hydrogens (tertiary/aromatic N) is 3. The van der Waals surface area contributed by atoms with Gasteiger partial charge in [-0.1, -0.05) is 122 Å². The fourth-order valence-electron chi connectivity index (χ4n) is 8.36. The number of rotatable bonds is 7. The van der Waals surface area contributed by atoms with Crippen molar-refractivity contribution in [2.75, 3.05) is 14.7 Å². The molecule has 8 rings (SSSR count). The molecule has 0 saturated heterocycles. The van der Waals surface area contributed by atoms with Crippen molar-refractivity contribution in [1.82, 2.24) is 0 Å². The van der Waals surface area contributed by atoms with Crippen molar-refractivity contribution >= 4 is 57.1 Å². The molecule has 0 radical (unpaired) electrons. The van der Waals surface area contributed by atoms with Crippen LogP contribution in [-0.4, -0.2) is 5.54 Å². The second-order valence-electron chi connectivity index (χ2n) is 13.4. The molecule has 1 aliphatic heterocycles. The molecule has 1 heterocycles. The molecule has 6 aromatic rings. The topological polar surface area (TPSA) is 9.72 Å². The molecule has 0 bridgehead atoms. The minimum atomic E-state index is -0.185. The molecule has 2 aliphatic rings. The fraction of sp³-hybridized carbons (Fsp3) is 0.182. The molecular weight excluding hydrogens is 606 g/mol.